The molecule has 0 aromatic rings. The van der Waals surface area contributed by atoms with Crippen molar-refractivity contribution in [1.82, 2.24) is 0 Å². The molecule has 0 unspecified atom stereocenters. The van der Waals surface area contributed by atoms with E-state index >= 15 is 0 Å². The quantitative estimate of drug-likeness (QED) is 0.300. The van der Waals surface area contributed by atoms with Crippen LogP contribution >= 0.6 is 0 Å². The molecule has 3 nitrogen and oxygen atoms in total. The van der Waals surface area contributed by atoms with Gasteiger partial charge in [0.05, 0.1) is 0 Å². The third kappa shape index (κ3) is 40.2. The molecule has 0 aliphatic carbocycles. The van der Waals surface area contributed by atoms with Crippen molar-refractivity contribution in [1.29, 1.82) is 0 Å². The average Bonchev–Trinajstić information content (AvgIpc) is 0.811. The smallest absolute Gasteiger partial charge is 0.672 e. The Hall–Kier alpha value is 1.85. The van der Waals surface area contributed by atoms with E-state index in [-0.39, 0.29) is 70.2 Å². The van der Waals surface area contributed by atoms with Gasteiger partial charge in [0.25, 0.3) is 0 Å². The van der Waals surface area contributed by atoms with Crippen LogP contribution in [0.15, 0.2) is 0 Å². The van der Waals surface area contributed by atoms with Crippen molar-refractivity contribution in [3.63, 3.8) is 0 Å². The summed E-state index contributed by atoms with van der Waals surface area (Å²) in [4.78, 5) is 17.0. The summed E-state index contributed by atoms with van der Waals surface area (Å²) in [5, 5.41) is 0. The summed E-state index contributed by atoms with van der Waals surface area (Å²) in [6, 6.07) is 0. The molecule has 0 fully saturated rings. The molecule has 24 valence electrons. The number of hydrogen-bond donors (Lipinski definition) is 0. The van der Waals surface area contributed by atoms with Crippen molar-refractivity contribution in [3.8, 4) is 0 Å². The molecule has 0 aliphatic rings. The second kappa shape index (κ2) is 9.97. The van der Waals surface area contributed by atoms with Gasteiger partial charge in [0.1, 0.15) is 0 Å². The van der Waals surface area contributed by atoms with Crippen LogP contribution in [0.4, 0.5) is 0 Å². The normalized spacial score (nSPS) is 4.00. The molecule has 0 saturated carbocycles. The first-order valence-corrected chi connectivity index (χ1v) is 1.84. The van der Waals surface area contributed by atoms with Gasteiger partial charge in [-0.05, 0) is 0 Å². The van der Waals surface area contributed by atoms with E-state index in [1.54, 1.807) is 0 Å². The molecule has 0 N–H and O–H groups in total. The monoisotopic (exact) mass is 122 g/mol. The molecule has 0 amide bonds. The third-order valence-corrected chi connectivity index (χ3v) is 0. The molecule has 0 heterocycles. The molecule has 6 heteroatoms. The van der Waals surface area contributed by atoms with Crippen LogP contribution in [0.5, 0.6) is 0 Å². The van der Waals surface area contributed by atoms with Crippen molar-refractivity contribution in [2.45, 2.75) is 0 Å². The maximum atomic E-state index is 8.52. The summed E-state index contributed by atoms with van der Waals surface area (Å²) in [5.41, 5.74) is 0. The van der Waals surface area contributed by atoms with Crippen LogP contribution in [0, 0.1) is 0 Å². The van der Waals surface area contributed by atoms with Gasteiger partial charge in [0.15, 0.2) is 0 Å². The summed E-state index contributed by atoms with van der Waals surface area (Å²) < 4.78 is 8.52. The van der Waals surface area contributed by atoms with E-state index in [0.717, 1.165) is 0 Å². The fourth-order valence-corrected chi connectivity index (χ4v) is 0. The molecule has 0 atom stereocenters. The molecule has 6 heavy (non-hydrogen) atoms. The van der Waals surface area contributed by atoms with Gasteiger partial charge in [-0.15, -0.1) is 0 Å². The minimum Gasteiger partial charge on any atom is -0.672 e. The van der Waals surface area contributed by atoms with E-state index in [0.29, 0.717) is 0 Å². The SMILES string of the molecule is O=[Si]([O-])[O-].[K+].[Li+]. The van der Waals surface area contributed by atoms with E-state index in [1.165, 1.54) is 0 Å². The summed E-state index contributed by atoms with van der Waals surface area (Å²) in [5.74, 6) is 0. The minimum atomic E-state index is -3.63. The maximum Gasteiger partial charge on any atom is 1.00 e. The molecule has 0 aromatic carbocycles. The first-order valence-electron chi connectivity index (χ1n) is 0.612. The summed E-state index contributed by atoms with van der Waals surface area (Å²) in [7, 11) is -3.63. The van der Waals surface area contributed by atoms with Gasteiger partial charge in [-0.1, -0.05) is 0 Å². The van der Waals surface area contributed by atoms with E-state index in [1.807, 2.05) is 0 Å². The minimum absolute atomic E-state index is 0. The van der Waals surface area contributed by atoms with Crippen molar-refractivity contribution in [3.05, 3.63) is 0 Å². The standard InChI is InChI=1S/K.Li.O3Si/c;;1-4(2)3/q2*+1;-2. The molecule has 0 saturated heterocycles. The first kappa shape index (κ1) is 15.7. The van der Waals surface area contributed by atoms with Gasteiger partial charge in [0.2, 0.25) is 0 Å². The van der Waals surface area contributed by atoms with E-state index in [2.05, 4.69) is 0 Å². The molecular weight excluding hydrogens is 122 g/mol. The van der Waals surface area contributed by atoms with Crippen molar-refractivity contribution in [2.24, 2.45) is 0 Å². The Morgan fingerprint density at radius 3 is 1.33 bits per heavy atom. The molecule has 0 radical (unpaired) electrons. The third-order valence-electron chi connectivity index (χ3n) is 0. The van der Waals surface area contributed by atoms with Crippen molar-refractivity contribution in [2.75, 3.05) is 0 Å². The van der Waals surface area contributed by atoms with Gasteiger partial charge >= 0.3 is 70.2 Å². The Bertz CT molecular complexity index is 33.8. The predicted octanol–water partition coefficient (Wildman–Crippen LogP) is -8.87. The molecule has 0 aliphatic heterocycles. The first-order chi connectivity index (χ1) is 1.73. The Morgan fingerprint density at radius 2 is 1.33 bits per heavy atom. The van der Waals surface area contributed by atoms with E-state index < -0.39 is 9.17 Å². The van der Waals surface area contributed by atoms with Crippen LogP contribution in [0.1, 0.15) is 0 Å². The molecule has 0 spiro atoms. The molecule has 0 bridgehead atoms. The van der Waals surface area contributed by atoms with E-state index in [9.17, 15) is 0 Å². The van der Waals surface area contributed by atoms with Crippen LogP contribution < -0.4 is 79.8 Å². The zero-order chi connectivity index (χ0) is 3.58. The fraction of sp³-hybridized carbons (Fsp3) is 0. The number of rotatable bonds is 0. The Labute approximate surface area is 91.6 Å². The largest absolute Gasteiger partial charge is 1.00 e. The molecule has 0 rings (SSSR count). The van der Waals surface area contributed by atoms with Crippen molar-refractivity contribution < 1.29 is 84.3 Å². The maximum absolute atomic E-state index is 8.52. The van der Waals surface area contributed by atoms with E-state index in [4.69, 9.17) is 14.1 Å². The van der Waals surface area contributed by atoms with Crippen LogP contribution in [0.2, 0.25) is 0 Å². The topological polar surface area (TPSA) is 63.2 Å². The van der Waals surface area contributed by atoms with Crippen LogP contribution in [-0.4, -0.2) is 9.17 Å². The molecule has 0 aromatic heterocycles. The van der Waals surface area contributed by atoms with Crippen LogP contribution in [0.25, 0.3) is 0 Å². The Morgan fingerprint density at radius 1 is 1.33 bits per heavy atom. The van der Waals surface area contributed by atoms with Crippen LogP contribution in [0.3, 0.4) is 0 Å². The average molecular weight is 122 g/mol. The fourth-order valence-electron chi connectivity index (χ4n) is 0. The zero-order valence-electron chi connectivity index (χ0n) is 3.72. The Balaban J connectivity index is -0.0000000450. The van der Waals surface area contributed by atoms with Gasteiger partial charge in [-0.25, -0.2) is 0 Å². The second-order valence-corrected chi connectivity index (χ2v) is 0.750. The van der Waals surface area contributed by atoms with Crippen LogP contribution in [-0.2, 0) is 4.46 Å². The second-order valence-electron chi connectivity index (χ2n) is 0.250. The summed E-state index contributed by atoms with van der Waals surface area (Å²) in [6.07, 6.45) is 0. The van der Waals surface area contributed by atoms with Gasteiger partial charge in [-0.2, -0.15) is 0 Å². The zero-order valence-corrected chi connectivity index (χ0v) is 7.85. The molecular formula is KLiO3Si. The number of hydrogen-bond acceptors (Lipinski definition) is 3. The van der Waals surface area contributed by atoms with Gasteiger partial charge in [-0.3, -0.25) is 0 Å². The summed E-state index contributed by atoms with van der Waals surface area (Å²) >= 11 is 0. The van der Waals surface area contributed by atoms with Crippen molar-refractivity contribution >= 4 is 9.17 Å². The van der Waals surface area contributed by atoms with Gasteiger partial charge in [0, 0.05) is 9.17 Å². The summed E-state index contributed by atoms with van der Waals surface area (Å²) in [6.45, 7) is 0. The Kier molecular flexibility index (Phi) is 26.0. The predicted molar refractivity (Wildman–Crippen MR) is 6.44 cm³/mol. The van der Waals surface area contributed by atoms with Gasteiger partial charge < -0.3 is 14.1 Å².